The fourth-order valence-electron chi connectivity index (χ4n) is 5.99. The Morgan fingerprint density at radius 2 is 1.19 bits per heavy atom. The van der Waals surface area contributed by atoms with Crippen LogP contribution in [0.25, 0.3) is 0 Å². The van der Waals surface area contributed by atoms with Crippen molar-refractivity contribution < 1.29 is 46.8 Å². The average molecular weight is 849 g/mol. The molecule has 0 aliphatic carbocycles. The van der Waals surface area contributed by atoms with Gasteiger partial charge < -0.3 is 23.6 Å². The second kappa shape index (κ2) is 36.1. The summed E-state index contributed by atoms with van der Waals surface area (Å²) in [5.41, 5.74) is 0. The van der Waals surface area contributed by atoms with Crippen LogP contribution >= 0.6 is 7.82 Å². The number of esters is 2. The molecule has 0 aromatic heterocycles. The van der Waals surface area contributed by atoms with E-state index in [1.54, 1.807) is 0 Å². The van der Waals surface area contributed by atoms with Gasteiger partial charge in [-0.15, -0.1) is 0 Å². The summed E-state index contributed by atoms with van der Waals surface area (Å²) in [6, 6.07) is 0. The van der Waals surface area contributed by atoms with Crippen molar-refractivity contribution in [3.63, 3.8) is 0 Å². The third-order valence-electron chi connectivity index (χ3n) is 9.64. The molecule has 0 aromatic rings. The summed E-state index contributed by atoms with van der Waals surface area (Å²) in [5.74, 6) is -0.865. The van der Waals surface area contributed by atoms with Crippen molar-refractivity contribution >= 4 is 19.8 Å². The van der Waals surface area contributed by atoms with Crippen molar-refractivity contribution in [3.05, 3.63) is 72.9 Å². The molecular weight excluding hydrogens is 765 g/mol. The van der Waals surface area contributed by atoms with Crippen molar-refractivity contribution in [1.29, 1.82) is 0 Å². The number of epoxide rings is 1. The summed E-state index contributed by atoms with van der Waals surface area (Å²) in [6.07, 6.45) is 46.9. The number of phosphoric ester groups is 1. The first-order valence-corrected chi connectivity index (χ1v) is 24.3. The highest BCUT2D eigenvalue weighted by molar-refractivity contribution is 7.47. The number of carbonyl (C=O) groups excluding carboxylic acids is 2. The number of rotatable bonds is 39. The van der Waals surface area contributed by atoms with Crippen LogP contribution in [0, 0.1) is 0 Å². The van der Waals surface area contributed by atoms with Crippen LogP contribution in [0.4, 0.5) is 0 Å². The van der Waals surface area contributed by atoms with Gasteiger partial charge >= 0.3 is 19.8 Å². The highest BCUT2D eigenvalue weighted by atomic mass is 31.2. The third kappa shape index (κ3) is 36.9. The maximum atomic E-state index is 12.7. The number of quaternary nitrogens is 1. The largest absolute Gasteiger partial charge is 0.472 e. The Kier molecular flexibility index (Phi) is 33.3. The zero-order chi connectivity index (χ0) is 43.3. The molecule has 59 heavy (non-hydrogen) atoms. The van der Waals surface area contributed by atoms with Gasteiger partial charge in [-0.05, 0) is 83.5 Å². The summed E-state index contributed by atoms with van der Waals surface area (Å²) in [7, 11) is 1.43. The fourth-order valence-corrected chi connectivity index (χ4v) is 6.73. The molecule has 3 unspecified atom stereocenters. The van der Waals surface area contributed by atoms with Crippen molar-refractivity contribution in [2.75, 3.05) is 47.5 Å². The number of carbonyl (C=O) groups is 2. The molecule has 0 amide bonds. The molecule has 11 heteroatoms. The van der Waals surface area contributed by atoms with E-state index in [0.717, 1.165) is 89.9 Å². The van der Waals surface area contributed by atoms with Crippen LogP contribution in [0.3, 0.4) is 0 Å². The predicted molar refractivity (Wildman–Crippen MR) is 242 cm³/mol. The molecular formula is C48H83NO9P+. The van der Waals surface area contributed by atoms with E-state index >= 15 is 0 Å². The predicted octanol–water partition coefficient (Wildman–Crippen LogP) is 12.0. The quantitative estimate of drug-likeness (QED) is 0.0161. The van der Waals surface area contributed by atoms with Crippen molar-refractivity contribution in [3.8, 4) is 0 Å². The molecule has 0 saturated carbocycles. The Hall–Kier alpha value is -2.59. The number of phosphoric acid groups is 1. The van der Waals surface area contributed by atoms with Gasteiger partial charge in [0.15, 0.2) is 6.10 Å². The molecule has 1 saturated heterocycles. The number of nitrogens with zero attached hydrogens (tertiary/aromatic N) is 1. The first-order chi connectivity index (χ1) is 28.5. The summed E-state index contributed by atoms with van der Waals surface area (Å²) in [6.45, 7) is 4.20. The van der Waals surface area contributed by atoms with Gasteiger partial charge in [-0.1, -0.05) is 132 Å². The lowest BCUT2D eigenvalue weighted by Gasteiger charge is -2.24. The molecule has 1 fully saturated rings. The van der Waals surface area contributed by atoms with E-state index in [1.165, 1.54) is 25.7 Å². The Morgan fingerprint density at radius 3 is 1.80 bits per heavy atom. The van der Waals surface area contributed by atoms with Crippen LogP contribution in [0.2, 0.25) is 0 Å². The van der Waals surface area contributed by atoms with E-state index < -0.39 is 32.5 Å². The SMILES string of the molecule is CC/C=C\C/C=C\C/C=C\C/C=C\C/C=C\CCCCCC(=O)OC[C@H](COP(=O)(O)OCC[N+](C)(C)C)OC(=O)CCCCCCC/C=C\CC1OC1CCCCC. The summed E-state index contributed by atoms with van der Waals surface area (Å²) >= 11 is 0. The first-order valence-electron chi connectivity index (χ1n) is 22.8. The maximum Gasteiger partial charge on any atom is 0.472 e. The van der Waals surface area contributed by atoms with Gasteiger partial charge in [0.25, 0.3) is 0 Å². The van der Waals surface area contributed by atoms with E-state index in [4.69, 9.17) is 23.3 Å². The average Bonchev–Trinajstić information content (AvgIpc) is 3.94. The molecule has 0 radical (unpaired) electrons. The van der Waals surface area contributed by atoms with Crippen LogP contribution in [0.15, 0.2) is 72.9 Å². The molecule has 1 aliphatic rings. The number of ether oxygens (including phenoxy) is 3. The van der Waals surface area contributed by atoms with Crippen LogP contribution < -0.4 is 0 Å². The molecule has 0 bridgehead atoms. The summed E-state index contributed by atoms with van der Waals surface area (Å²) < 4.78 is 40.1. The maximum absolute atomic E-state index is 12.7. The zero-order valence-corrected chi connectivity index (χ0v) is 38.5. The minimum absolute atomic E-state index is 0.0170. The molecule has 1 rings (SSSR count). The van der Waals surface area contributed by atoms with Gasteiger partial charge in [0.05, 0.1) is 40.0 Å². The molecule has 1 heterocycles. The monoisotopic (exact) mass is 849 g/mol. The topological polar surface area (TPSA) is 121 Å². The van der Waals surface area contributed by atoms with Gasteiger partial charge in [-0.2, -0.15) is 0 Å². The second-order valence-electron chi connectivity index (χ2n) is 16.4. The molecule has 4 atom stereocenters. The second-order valence-corrected chi connectivity index (χ2v) is 17.9. The number of likely N-dealkylation sites (N-methyl/N-ethyl adjacent to an activating group) is 1. The fraction of sp³-hybridized carbons (Fsp3) is 0.708. The lowest BCUT2D eigenvalue weighted by atomic mass is 10.1. The van der Waals surface area contributed by atoms with Crippen molar-refractivity contribution in [1.82, 2.24) is 0 Å². The summed E-state index contributed by atoms with van der Waals surface area (Å²) in [5, 5.41) is 0. The van der Waals surface area contributed by atoms with Crippen LogP contribution in [-0.2, 0) is 37.4 Å². The Labute approximate surface area is 359 Å². The zero-order valence-electron chi connectivity index (χ0n) is 37.7. The summed E-state index contributed by atoms with van der Waals surface area (Å²) in [4.78, 5) is 35.4. The van der Waals surface area contributed by atoms with Crippen molar-refractivity contribution in [2.24, 2.45) is 0 Å². The highest BCUT2D eigenvalue weighted by Crippen LogP contribution is 2.43. The Bertz CT molecular complexity index is 1300. The number of hydrogen-bond acceptors (Lipinski definition) is 8. The third-order valence-corrected chi connectivity index (χ3v) is 10.6. The molecule has 10 nitrogen and oxygen atoms in total. The van der Waals surface area contributed by atoms with E-state index in [0.29, 0.717) is 36.1 Å². The van der Waals surface area contributed by atoms with E-state index in [1.807, 2.05) is 21.1 Å². The standard InChI is InChI=1S/C48H82NO9P/c1-6-8-10-11-12-13-14-15-16-17-18-19-20-21-22-23-27-30-34-38-47(50)54-42-44(43-56-59(52,53)55-41-40-49(3,4)5)57-48(51)39-35-31-28-25-24-26-29-33-37-46-45(58-46)36-32-9-7-2/h8,10,12-13,15-16,18-19,21-22,29,33,44-46H,6-7,9,11,14,17,20,23-28,30-32,34-43H2,1-5H3/p+1/b10-8-,13-12-,16-15-,19-18-,22-21-,33-29-/t44-,45?,46?/m1/s1. The smallest absolute Gasteiger partial charge is 0.462 e. The van der Waals surface area contributed by atoms with Gasteiger partial charge in [-0.25, -0.2) is 4.57 Å². The van der Waals surface area contributed by atoms with Gasteiger partial charge in [0.2, 0.25) is 0 Å². The lowest BCUT2D eigenvalue weighted by molar-refractivity contribution is -0.870. The number of allylic oxidation sites excluding steroid dienone is 11. The van der Waals surface area contributed by atoms with Gasteiger partial charge in [0.1, 0.15) is 19.8 Å². The van der Waals surface area contributed by atoms with E-state index in [2.05, 4.69) is 86.8 Å². The number of hydrogen-bond donors (Lipinski definition) is 1. The Morgan fingerprint density at radius 1 is 0.644 bits per heavy atom. The van der Waals surface area contributed by atoms with Gasteiger partial charge in [-0.3, -0.25) is 18.6 Å². The van der Waals surface area contributed by atoms with Crippen LogP contribution in [0.1, 0.15) is 155 Å². The molecule has 1 aliphatic heterocycles. The first kappa shape index (κ1) is 54.4. The van der Waals surface area contributed by atoms with E-state index in [-0.39, 0.29) is 26.1 Å². The number of unbranched alkanes of at least 4 members (excludes halogenated alkanes) is 10. The van der Waals surface area contributed by atoms with Gasteiger partial charge in [0, 0.05) is 12.8 Å². The minimum Gasteiger partial charge on any atom is -0.462 e. The lowest BCUT2D eigenvalue weighted by Crippen LogP contribution is -2.37. The minimum atomic E-state index is -4.40. The molecule has 0 aromatic carbocycles. The highest BCUT2D eigenvalue weighted by Gasteiger charge is 2.36. The molecule has 0 spiro atoms. The normalized spacial score (nSPS) is 17.7. The van der Waals surface area contributed by atoms with Crippen LogP contribution in [-0.4, -0.2) is 87.1 Å². The molecule has 1 N–H and O–H groups in total. The molecule has 338 valence electrons. The van der Waals surface area contributed by atoms with Crippen LogP contribution in [0.5, 0.6) is 0 Å². The van der Waals surface area contributed by atoms with Crippen molar-refractivity contribution in [2.45, 2.75) is 173 Å². The van der Waals surface area contributed by atoms with E-state index in [9.17, 15) is 19.0 Å². The Balaban J connectivity index is 2.30.